The van der Waals surface area contributed by atoms with Crippen molar-refractivity contribution in [2.45, 2.75) is 155 Å². The van der Waals surface area contributed by atoms with Crippen LogP contribution < -0.4 is 5.11 Å². The zero-order chi connectivity index (χ0) is 40.7. The van der Waals surface area contributed by atoms with E-state index in [-0.39, 0.29) is 38.6 Å². The van der Waals surface area contributed by atoms with Gasteiger partial charge in [0.05, 0.1) is 40.3 Å². The second-order valence-electron chi connectivity index (χ2n) is 14.9. The monoisotopic (exact) mass is 772 g/mol. The minimum absolute atomic E-state index is 0.136. The Kier molecular flexibility index (Phi) is 35.4. The largest absolute Gasteiger partial charge is 0.545 e. The van der Waals surface area contributed by atoms with E-state index in [4.69, 9.17) is 18.9 Å². The number of carboxylic acids is 1. The summed E-state index contributed by atoms with van der Waals surface area (Å²) in [4.78, 5) is 36.9. The number of aliphatic carboxylic acids is 1. The quantitative estimate of drug-likeness (QED) is 0.0202. The first-order valence-electron chi connectivity index (χ1n) is 21.1. The highest BCUT2D eigenvalue weighted by Crippen LogP contribution is 2.12. The topological polar surface area (TPSA) is 111 Å². The second kappa shape index (κ2) is 37.6. The number of rotatable bonds is 37. The Hall–Kier alpha value is -3.27. The highest BCUT2D eigenvalue weighted by Gasteiger charge is 2.21. The smallest absolute Gasteiger partial charge is 0.306 e. The number of unbranched alkanes of at least 4 members (excludes halogenated alkanes) is 10. The highest BCUT2D eigenvalue weighted by molar-refractivity contribution is 5.70. The predicted molar refractivity (Wildman–Crippen MR) is 223 cm³/mol. The molecule has 0 saturated heterocycles. The lowest BCUT2D eigenvalue weighted by atomic mass is 10.1. The molecule has 0 aromatic rings. The third kappa shape index (κ3) is 38.8. The molecule has 0 saturated carbocycles. The number of carboxylic acid groups (broad SMARTS) is 1. The molecule has 2 unspecified atom stereocenters. The van der Waals surface area contributed by atoms with Crippen LogP contribution in [0.3, 0.4) is 0 Å². The fourth-order valence-corrected chi connectivity index (χ4v) is 5.15. The second-order valence-corrected chi connectivity index (χ2v) is 14.9. The van der Waals surface area contributed by atoms with Crippen LogP contribution in [0.5, 0.6) is 0 Å². The molecular formula is C46H77NO8. The molecule has 314 valence electrons. The number of nitrogens with zero attached hydrogens (tertiary/aromatic N) is 1. The molecule has 0 aliphatic rings. The van der Waals surface area contributed by atoms with Gasteiger partial charge in [-0.3, -0.25) is 9.59 Å². The van der Waals surface area contributed by atoms with Crippen molar-refractivity contribution in [1.82, 2.24) is 0 Å². The van der Waals surface area contributed by atoms with Gasteiger partial charge in [-0.05, 0) is 77.0 Å². The molecule has 9 heteroatoms. The summed E-state index contributed by atoms with van der Waals surface area (Å²) in [6.07, 6.45) is 42.2. The van der Waals surface area contributed by atoms with Crippen LogP contribution in [0.1, 0.15) is 142 Å². The number of allylic oxidation sites excluding steroid dienone is 12. The third-order valence-corrected chi connectivity index (χ3v) is 8.42. The van der Waals surface area contributed by atoms with Gasteiger partial charge in [0.25, 0.3) is 0 Å². The fourth-order valence-electron chi connectivity index (χ4n) is 5.15. The molecule has 0 fully saturated rings. The van der Waals surface area contributed by atoms with Crippen LogP contribution in [0.15, 0.2) is 72.9 Å². The van der Waals surface area contributed by atoms with Crippen molar-refractivity contribution < 1.29 is 42.9 Å². The molecule has 55 heavy (non-hydrogen) atoms. The van der Waals surface area contributed by atoms with Gasteiger partial charge >= 0.3 is 11.9 Å². The molecule has 2 atom stereocenters. The van der Waals surface area contributed by atoms with Crippen LogP contribution in [0.25, 0.3) is 0 Å². The van der Waals surface area contributed by atoms with E-state index in [1.54, 1.807) is 0 Å². The van der Waals surface area contributed by atoms with Crippen molar-refractivity contribution in [3.05, 3.63) is 72.9 Å². The van der Waals surface area contributed by atoms with Crippen LogP contribution in [0, 0.1) is 0 Å². The molecule has 0 bridgehead atoms. The number of likely N-dealkylation sites (N-methyl/N-ethyl adjacent to an activating group) is 1. The molecule has 0 rings (SSSR count). The molecule has 0 aromatic heterocycles. The fraction of sp³-hybridized carbons (Fsp3) is 0.674. The SMILES string of the molecule is CC/C=C\C/C=C\C/C=C\C/C=C\CCCCCCC(=O)OC(COC(=O)CCCCCCC/C=C\C/C=C\CCC)COC(OCC[N+](C)(C)C)C(=O)[O-]. The van der Waals surface area contributed by atoms with E-state index in [1.807, 2.05) is 21.1 Å². The lowest BCUT2D eigenvalue weighted by molar-refractivity contribution is -0.870. The lowest BCUT2D eigenvalue weighted by Crippen LogP contribution is -2.44. The van der Waals surface area contributed by atoms with E-state index in [0.717, 1.165) is 96.3 Å². The van der Waals surface area contributed by atoms with Gasteiger partial charge in [0.15, 0.2) is 12.4 Å². The number of esters is 2. The zero-order valence-corrected chi connectivity index (χ0v) is 35.3. The zero-order valence-electron chi connectivity index (χ0n) is 35.3. The van der Waals surface area contributed by atoms with E-state index in [0.29, 0.717) is 23.9 Å². The van der Waals surface area contributed by atoms with Crippen LogP contribution >= 0.6 is 0 Å². The van der Waals surface area contributed by atoms with Crippen molar-refractivity contribution in [2.75, 3.05) is 47.5 Å². The maximum atomic E-state index is 12.7. The first-order valence-corrected chi connectivity index (χ1v) is 21.1. The van der Waals surface area contributed by atoms with Gasteiger partial charge in [-0.25, -0.2) is 0 Å². The van der Waals surface area contributed by atoms with Crippen molar-refractivity contribution >= 4 is 17.9 Å². The third-order valence-electron chi connectivity index (χ3n) is 8.42. The average molecular weight is 772 g/mol. The molecule has 0 heterocycles. The van der Waals surface area contributed by atoms with E-state index in [1.165, 1.54) is 6.42 Å². The van der Waals surface area contributed by atoms with Gasteiger partial charge in [0.1, 0.15) is 13.2 Å². The summed E-state index contributed by atoms with van der Waals surface area (Å²) in [5.41, 5.74) is 0. The molecule has 0 radical (unpaired) electrons. The summed E-state index contributed by atoms with van der Waals surface area (Å²) in [6.45, 7) is 4.48. The Balaban J connectivity index is 4.56. The Morgan fingerprint density at radius 2 is 1.04 bits per heavy atom. The summed E-state index contributed by atoms with van der Waals surface area (Å²) in [5.74, 6) is -2.35. The Morgan fingerprint density at radius 1 is 0.564 bits per heavy atom. The predicted octanol–water partition coefficient (Wildman–Crippen LogP) is 9.44. The minimum atomic E-state index is -1.63. The lowest BCUT2D eigenvalue weighted by Gasteiger charge is -2.26. The summed E-state index contributed by atoms with van der Waals surface area (Å²) in [5, 5.41) is 11.7. The number of hydrogen-bond donors (Lipinski definition) is 0. The van der Waals surface area contributed by atoms with E-state index < -0.39 is 24.3 Å². The Bertz CT molecular complexity index is 1130. The summed E-state index contributed by atoms with van der Waals surface area (Å²) in [6, 6.07) is 0. The van der Waals surface area contributed by atoms with E-state index >= 15 is 0 Å². The maximum Gasteiger partial charge on any atom is 0.306 e. The van der Waals surface area contributed by atoms with Gasteiger partial charge in [0.2, 0.25) is 0 Å². The molecule has 0 aromatic carbocycles. The molecule has 0 amide bonds. The summed E-state index contributed by atoms with van der Waals surface area (Å²) >= 11 is 0. The first kappa shape index (κ1) is 51.7. The van der Waals surface area contributed by atoms with Gasteiger partial charge in [-0.1, -0.05) is 125 Å². The molecule has 9 nitrogen and oxygen atoms in total. The van der Waals surface area contributed by atoms with E-state index in [2.05, 4.69) is 86.8 Å². The standard InChI is InChI=1S/C46H77NO8/c1-6-8-10-12-14-16-18-20-21-22-23-25-27-29-31-33-35-37-44(49)55-42(41-54-46(45(50)51)52-39-38-47(3,4)5)40-53-43(48)36-34-32-30-28-26-24-19-17-15-13-11-9-7-2/h8,10-11,13-14,16-17,19-21,23,25,42,46H,6-7,9,12,15,18,22,24,26-41H2,1-5H3/b10-8-,13-11-,16-14-,19-17-,21-20-,25-23-. The molecule has 0 aliphatic carbocycles. The van der Waals surface area contributed by atoms with Crippen molar-refractivity contribution in [3.63, 3.8) is 0 Å². The van der Waals surface area contributed by atoms with Gasteiger partial charge in [-0.2, -0.15) is 0 Å². The number of hydrogen-bond acceptors (Lipinski definition) is 8. The summed E-state index contributed by atoms with van der Waals surface area (Å²) in [7, 11) is 5.88. The number of ether oxygens (including phenoxy) is 4. The molecule has 0 aliphatic heterocycles. The highest BCUT2D eigenvalue weighted by atomic mass is 16.7. The molecular weight excluding hydrogens is 695 g/mol. The van der Waals surface area contributed by atoms with Gasteiger partial charge < -0.3 is 33.3 Å². The number of carbonyl (C=O) groups is 3. The van der Waals surface area contributed by atoms with Crippen LogP contribution in [-0.4, -0.2) is 82.3 Å². The molecule has 0 N–H and O–H groups in total. The normalized spacial score (nSPS) is 13.7. The average Bonchev–Trinajstić information content (AvgIpc) is 3.14. The van der Waals surface area contributed by atoms with Crippen LogP contribution in [-0.2, 0) is 33.3 Å². The Labute approximate surface area is 335 Å². The van der Waals surface area contributed by atoms with Crippen LogP contribution in [0.4, 0.5) is 0 Å². The van der Waals surface area contributed by atoms with Crippen LogP contribution in [0.2, 0.25) is 0 Å². The van der Waals surface area contributed by atoms with E-state index in [9.17, 15) is 19.5 Å². The number of quaternary nitrogens is 1. The van der Waals surface area contributed by atoms with Crippen molar-refractivity contribution in [3.8, 4) is 0 Å². The van der Waals surface area contributed by atoms with Crippen molar-refractivity contribution in [2.24, 2.45) is 0 Å². The number of carbonyl (C=O) groups excluding carboxylic acids is 3. The minimum Gasteiger partial charge on any atom is -0.545 e. The maximum absolute atomic E-state index is 12.7. The first-order chi connectivity index (χ1) is 26.6. The van der Waals surface area contributed by atoms with Gasteiger partial charge in [0, 0.05) is 12.8 Å². The molecule has 0 spiro atoms. The summed E-state index contributed by atoms with van der Waals surface area (Å²) < 4.78 is 22.5. The van der Waals surface area contributed by atoms with Gasteiger partial charge in [-0.15, -0.1) is 0 Å². The van der Waals surface area contributed by atoms with Crippen molar-refractivity contribution in [1.29, 1.82) is 0 Å². The Morgan fingerprint density at radius 3 is 1.55 bits per heavy atom.